The lowest BCUT2D eigenvalue weighted by Gasteiger charge is -2.08. The van der Waals surface area contributed by atoms with Crippen LogP contribution in [0.5, 0.6) is 5.75 Å². The van der Waals surface area contributed by atoms with Crippen LogP contribution in [0.15, 0.2) is 36.9 Å². The van der Waals surface area contributed by atoms with Crippen LogP contribution in [-0.2, 0) is 0 Å². The number of para-hydroxylation sites is 1. The summed E-state index contributed by atoms with van der Waals surface area (Å²) in [5, 5.41) is 0. The van der Waals surface area contributed by atoms with E-state index in [9.17, 15) is 4.39 Å². The molecule has 12 heavy (non-hydrogen) atoms. The molecule has 0 radical (unpaired) electrons. The Morgan fingerprint density at radius 1 is 1.50 bits per heavy atom. The van der Waals surface area contributed by atoms with E-state index in [0.29, 0.717) is 11.3 Å². The summed E-state index contributed by atoms with van der Waals surface area (Å²) in [5.74, 6) is 0.560. The molecule has 1 aromatic carbocycles. The number of methoxy groups -OCH3 is 1. The molecule has 64 valence electrons. The predicted molar refractivity (Wildman–Crippen MR) is 47.0 cm³/mol. The van der Waals surface area contributed by atoms with E-state index in [1.165, 1.54) is 13.2 Å². The molecule has 2 heteroatoms. The molecule has 0 N–H and O–H groups in total. The third-order valence-corrected chi connectivity index (χ3v) is 1.64. The Hall–Kier alpha value is -1.31. The van der Waals surface area contributed by atoms with E-state index in [4.69, 9.17) is 4.74 Å². The van der Waals surface area contributed by atoms with E-state index in [0.717, 1.165) is 0 Å². The number of ether oxygens (including phenoxy) is 1. The summed E-state index contributed by atoms with van der Waals surface area (Å²) in [6.45, 7) is 3.38. The zero-order valence-corrected chi connectivity index (χ0v) is 6.96. The van der Waals surface area contributed by atoms with E-state index in [1.54, 1.807) is 24.3 Å². The number of allylic oxidation sites excluding steroid dienone is 1. The van der Waals surface area contributed by atoms with Crippen molar-refractivity contribution in [2.75, 3.05) is 7.11 Å². The molecule has 0 amide bonds. The average molecular weight is 166 g/mol. The molecule has 0 aliphatic carbocycles. The summed E-state index contributed by atoms with van der Waals surface area (Å²) in [4.78, 5) is 0. The first-order valence-corrected chi connectivity index (χ1v) is 3.69. The van der Waals surface area contributed by atoms with Gasteiger partial charge in [0.15, 0.2) is 0 Å². The average Bonchev–Trinajstić information content (AvgIpc) is 2.16. The fourth-order valence-corrected chi connectivity index (χ4v) is 1.02. The van der Waals surface area contributed by atoms with Crippen molar-refractivity contribution in [3.8, 4) is 5.75 Å². The number of rotatable bonds is 3. The van der Waals surface area contributed by atoms with Crippen molar-refractivity contribution in [3.63, 3.8) is 0 Å². The molecule has 1 atom stereocenters. The number of alkyl halides is 1. The first kappa shape index (κ1) is 8.78. The largest absolute Gasteiger partial charge is 0.496 e. The Morgan fingerprint density at radius 3 is 2.75 bits per heavy atom. The highest BCUT2D eigenvalue weighted by molar-refractivity contribution is 5.36. The zero-order chi connectivity index (χ0) is 8.97. The van der Waals surface area contributed by atoms with Crippen molar-refractivity contribution in [1.29, 1.82) is 0 Å². The standard InChI is InChI=1S/C10H11FO/c1-3-9(11)8-6-4-5-7-10(8)12-2/h3-7,9H,1H2,2H3. The molecule has 1 unspecified atom stereocenters. The predicted octanol–water partition coefficient (Wildman–Crippen LogP) is 2.89. The van der Waals surface area contributed by atoms with E-state index >= 15 is 0 Å². The number of hydrogen-bond acceptors (Lipinski definition) is 1. The fraction of sp³-hybridized carbons (Fsp3) is 0.200. The Kier molecular flexibility index (Phi) is 2.86. The molecule has 1 aromatic rings. The molecular formula is C10H11FO. The van der Waals surface area contributed by atoms with Crippen LogP contribution in [0.25, 0.3) is 0 Å². The highest BCUT2D eigenvalue weighted by Gasteiger charge is 2.09. The highest BCUT2D eigenvalue weighted by Crippen LogP contribution is 2.27. The van der Waals surface area contributed by atoms with Gasteiger partial charge in [0.1, 0.15) is 11.9 Å². The third kappa shape index (κ3) is 1.64. The topological polar surface area (TPSA) is 9.23 Å². The summed E-state index contributed by atoms with van der Waals surface area (Å²) in [6, 6.07) is 6.99. The lowest BCUT2D eigenvalue weighted by molar-refractivity contribution is 0.371. The van der Waals surface area contributed by atoms with Crippen LogP contribution in [-0.4, -0.2) is 7.11 Å². The van der Waals surface area contributed by atoms with Crippen LogP contribution in [0.4, 0.5) is 4.39 Å². The van der Waals surface area contributed by atoms with E-state index < -0.39 is 6.17 Å². The van der Waals surface area contributed by atoms with Crippen LogP contribution in [0.2, 0.25) is 0 Å². The Bertz CT molecular complexity index is 270. The Morgan fingerprint density at radius 2 is 2.17 bits per heavy atom. The lowest BCUT2D eigenvalue weighted by atomic mass is 10.1. The van der Waals surface area contributed by atoms with Gasteiger partial charge in [0.05, 0.1) is 7.11 Å². The van der Waals surface area contributed by atoms with E-state index in [2.05, 4.69) is 6.58 Å². The van der Waals surface area contributed by atoms with Gasteiger partial charge >= 0.3 is 0 Å². The van der Waals surface area contributed by atoms with Gasteiger partial charge in [-0.1, -0.05) is 30.9 Å². The van der Waals surface area contributed by atoms with Crippen molar-refractivity contribution in [2.24, 2.45) is 0 Å². The molecule has 0 spiro atoms. The maximum absolute atomic E-state index is 13.1. The second-order valence-corrected chi connectivity index (χ2v) is 2.38. The maximum Gasteiger partial charge on any atom is 0.147 e. The summed E-state index contributed by atoms with van der Waals surface area (Å²) >= 11 is 0. The summed E-state index contributed by atoms with van der Waals surface area (Å²) in [6.07, 6.45) is 0.0962. The molecule has 1 nitrogen and oxygen atoms in total. The first-order valence-electron chi connectivity index (χ1n) is 3.69. The van der Waals surface area contributed by atoms with Crippen LogP contribution >= 0.6 is 0 Å². The molecular weight excluding hydrogens is 155 g/mol. The third-order valence-electron chi connectivity index (χ3n) is 1.64. The second kappa shape index (κ2) is 3.90. The van der Waals surface area contributed by atoms with Crippen molar-refractivity contribution in [1.82, 2.24) is 0 Å². The zero-order valence-electron chi connectivity index (χ0n) is 6.96. The maximum atomic E-state index is 13.1. The molecule has 0 saturated carbocycles. The van der Waals surface area contributed by atoms with Crippen molar-refractivity contribution < 1.29 is 9.13 Å². The van der Waals surface area contributed by atoms with Gasteiger partial charge in [-0.2, -0.15) is 0 Å². The number of halogens is 1. The first-order chi connectivity index (χ1) is 5.79. The van der Waals surface area contributed by atoms with Crippen LogP contribution < -0.4 is 4.74 Å². The van der Waals surface area contributed by atoms with E-state index in [1.807, 2.05) is 0 Å². The SMILES string of the molecule is C=CC(F)c1ccccc1OC. The minimum atomic E-state index is -1.15. The Labute approximate surface area is 71.5 Å². The summed E-state index contributed by atoms with van der Waals surface area (Å²) in [7, 11) is 1.52. The van der Waals surface area contributed by atoms with Gasteiger partial charge in [0, 0.05) is 5.56 Å². The van der Waals surface area contributed by atoms with Gasteiger partial charge < -0.3 is 4.74 Å². The summed E-state index contributed by atoms with van der Waals surface area (Å²) in [5.41, 5.74) is 0.523. The number of hydrogen-bond donors (Lipinski definition) is 0. The smallest absolute Gasteiger partial charge is 0.147 e. The normalized spacial score (nSPS) is 12.2. The second-order valence-electron chi connectivity index (χ2n) is 2.38. The molecule has 1 rings (SSSR count). The van der Waals surface area contributed by atoms with Gasteiger partial charge in [-0.05, 0) is 6.07 Å². The van der Waals surface area contributed by atoms with Gasteiger partial charge in [-0.3, -0.25) is 0 Å². The van der Waals surface area contributed by atoms with Crippen LogP contribution in [0.3, 0.4) is 0 Å². The fourth-order valence-electron chi connectivity index (χ4n) is 1.02. The van der Waals surface area contributed by atoms with Gasteiger partial charge in [-0.25, -0.2) is 4.39 Å². The molecule has 0 aliphatic heterocycles. The number of benzene rings is 1. The lowest BCUT2D eigenvalue weighted by Crippen LogP contribution is -1.92. The van der Waals surface area contributed by atoms with Gasteiger partial charge in [0.2, 0.25) is 0 Å². The Balaban J connectivity index is 3.04. The van der Waals surface area contributed by atoms with Crippen LogP contribution in [0.1, 0.15) is 11.7 Å². The summed E-state index contributed by atoms with van der Waals surface area (Å²) < 4.78 is 18.1. The molecule has 0 aliphatic rings. The highest BCUT2D eigenvalue weighted by atomic mass is 19.1. The molecule has 0 bridgehead atoms. The van der Waals surface area contributed by atoms with Crippen molar-refractivity contribution in [2.45, 2.75) is 6.17 Å². The quantitative estimate of drug-likeness (QED) is 0.627. The van der Waals surface area contributed by atoms with Crippen molar-refractivity contribution >= 4 is 0 Å². The van der Waals surface area contributed by atoms with Gasteiger partial charge in [-0.15, -0.1) is 0 Å². The minimum absolute atomic E-state index is 0.523. The van der Waals surface area contributed by atoms with Crippen molar-refractivity contribution in [3.05, 3.63) is 42.5 Å². The van der Waals surface area contributed by atoms with Gasteiger partial charge in [0.25, 0.3) is 0 Å². The van der Waals surface area contributed by atoms with E-state index in [-0.39, 0.29) is 0 Å². The molecule has 0 aromatic heterocycles. The molecule has 0 fully saturated rings. The van der Waals surface area contributed by atoms with Crippen LogP contribution in [0, 0.1) is 0 Å². The molecule has 0 saturated heterocycles. The minimum Gasteiger partial charge on any atom is -0.496 e. The monoisotopic (exact) mass is 166 g/mol. The molecule has 0 heterocycles.